The minimum Gasteiger partial charge on any atom is -0.507 e. The van der Waals surface area contributed by atoms with Crippen LogP contribution in [0.3, 0.4) is 0 Å². The summed E-state index contributed by atoms with van der Waals surface area (Å²) < 4.78 is 21.2. The number of aliphatic hydroxyl groups is 1. The highest BCUT2D eigenvalue weighted by Gasteiger charge is 2.48. The summed E-state index contributed by atoms with van der Waals surface area (Å²) in [5.74, 6) is 0.0977. The molecule has 2 aromatic carbocycles. The van der Waals surface area contributed by atoms with Gasteiger partial charge in [0.2, 0.25) is 0 Å². The topological polar surface area (TPSA) is 111 Å². The van der Waals surface area contributed by atoms with E-state index in [1.807, 2.05) is 6.92 Å². The number of rotatable bonds is 7. The number of hydrogen-bond acceptors (Lipinski definition) is 8. The van der Waals surface area contributed by atoms with Crippen LogP contribution in [-0.2, 0) is 9.59 Å². The molecule has 1 amide bonds. The molecule has 0 aliphatic carbocycles. The van der Waals surface area contributed by atoms with Crippen molar-refractivity contribution >= 4 is 23.3 Å². The van der Waals surface area contributed by atoms with Crippen LogP contribution >= 0.6 is 0 Å². The van der Waals surface area contributed by atoms with E-state index >= 15 is 0 Å². The van der Waals surface area contributed by atoms with Crippen molar-refractivity contribution in [1.29, 1.82) is 0 Å². The normalized spacial score (nSPS) is 17.2. The lowest BCUT2D eigenvalue weighted by atomic mass is 9.95. The number of aliphatic hydroxyl groups excluding tert-OH is 1. The lowest BCUT2D eigenvalue weighted by molar-refractivity contribution is -0.132. The van der Waals surface area contributed by atoms with E-state index in [4.69, 9.17) is 18.7 Å². The Hall–Kier alpha value is -4.27. The fraction of sp³-hybridized carbons (Fsp3) is 0.240. The number of methoxy groups -OCH3 is 2. The summed E-state index contributed by atoms with van der Waals surface area (Å²) in [5, 5.41) is 15.2. The first kappa shape index (κ1) is 22.9. The summed E-state index contributed by atoms with van der Waals surface area (Å²) in [5.41, 5.74) is 0.801. The molecule has 1 saturated heterocycles. The van der Waals surface area contributed by atoms with E-state index in [1.165, 1.54) is 25.2 Å². The fourth-order valence-corrected chi connectivity index (χ4v) is 3.90. The van der Waals surface area contributed by atoms with Crippen LogP contribution < -0.4 is 19.1 Å². The summed E-state index contributed by atoms with van der Waals surface area (Å²) in [6.07, 6.45) is 0. The van der Waals surface area contributed by atoms with E-state index in [0.717, 1.165) is 0 Å². The quantitative estimate of drug-likeness (QED) is 0.317. The molecule has 34 heavy (non-hydrogen) atoms. The van der Waals surface area contributed by atoms with Crippen molar-refractivity contribution in [3.63, 3.8) is 0 Å². The number of hydrogen-bond donors (Lipinski definition) is 1. The van der Waals surface area contributed by atoms with E-state index in [2.05, 4.69) is 5.16 Å². The zero-order valence-corrected chi connectivity index (χ0v) is 19.2. The first-order valence-electron chi connectivity index (χ1n) is 10.6. The van der Waals surface area contributed by atoms with Gasteiger partial charge in [-0.3, -0.25) is 14.5 Å². The van der Waals surface area contributed by atoms with Gasteiger partial charge in [-0.2, -0.15) is 0 Å². The van der Waals surface area contributed by atoms with E-state index in [9.17, 15) is 14.7 Å². The molecule has 2 heterocycles. The molecule has 0 spiro atoms. The number of aryl methyl sites for hydroxylation is 1. The third-order valence-corrected chi connectivity index (χ3v) is 5.47. The zero-order valence-electron chi connectivity index (χ0n) is 19.2. The van der Waals surface area contributed by atoms with Crippen molar-refractivity contribution < 1.29 is 33.4 Å². The highest BCUT2D eigenvalue weighted by Crippen LogP contribution is 2.43. The Morgan fingerprint density at radius 2 is 1.76 bits per heavy atom. The van der Waals surface area contributed by atoms with Crippen molar-refractivity contribution in [2.24, 2.45) is 0 Å². The largest absolute Gasteiger partial charge is 0.507 e. The Kier molecular flexibility index (Phi) is 6.27. The second kappa shape index (κ2) is 9.30. The van der Waals surface area contributed by atoms with Gasteiger partial charge >= 0.3 is 5.91 Å². The second-order valence-electron chi connectivity index (χ2n) is 7.54. The summed E-state index contributed by atoms with van der Waals surface area (Å²) in [7, 11) is 2.96. The summed E-state index contributed by atoms with van der Waals surface area (Å²) in [6, 6.07) is 12.3. The molecule has 4 rings (SSSR count). The predicted molar refractivity (Wildman–Crippen MR) is 123 cm³/mol. The van der Waals surface area contributed by atoms with Crippen LogP contribution in [0.25, 0.3) is 5.76 Å². The number of carbonyl (C=O) groups excluding carboxylic acids is 2. The predicted octanol–water partition coefficient (Wildman–Crippen LogP) is 4.03. The van der Waals surface area contributed by atoms with E-state index in [1.54, 1.807) is 49.4 Å². The highest BCUT2D eigenvalue weighted by atomic mass is 16.5. The average molecular weight is 464 g/mol. The molecule has 3 aromatic rings. The molecule has 1 aliphatic heterocycles. The Morgan fingerprint density at radius 3 is 2.35 bits per heavy atom. The maximum absolute atomic E-state index is 13.2. The number of aromatic nitrogens is 1. The molecule has 9 nitrogen and oxygen atoms in total. The number of Topliss-reactive ketones (excluding diaryl/α,β-unsaturated/α-hetero) is 1. The third kappa shape index (κ3) is 3.96. The Labute approximate surface area is 196 Å². The summed E-state index contributed by atoms with van der Waals surface area (Å²) >= 11 is 0. The van der Waals surface area contributed by atoms with Crippen LogP contribution in [0.4, 0.5) is 5.82 Å². The smallest absolute Gasteiger partial charge is 0.301 e. The molecule has 1 atom stereocenters. The Balaban J connectivity index is 1.90. The maximum atomic E-state index is 13.2. The van der Waals surface area contributed by atoms with Crippen LogP contribution in [-0.4, -0.2) is 42.8 Å². The molecule has 9 heteroatoms. The fourth-order valence-electron chi connectivity index (χ4n) is 3.90. The number of benzene rings is 2. The monoisotopic (exact) mass is 464 g/mol. The summed E-state index contributed by atoms with van der Waals surface area (Å²) in [4.78, 5) is 27.5. The molecule has 176 valence electrons. The van der Waals surface area contributed by atoms with Crippen molar-refractivity contribution in [1.82, 2.24) is 5.16 Å². The third-order valence-electron chi connectivity index (χ3n) is 5.47. The van der Waals surface area contributed by atoms with Crippen LogP contribution in [0, 0.1) is 6.92 Å². The van der Waals surface area contributed by atoms with Gasteiger partial charge < -0.3 is 23.8 Å². The van der Waals surface area contributed by atoms with Gasteiger partial charge in [0.25, 0.3) is 5.78 Å². The standard InChI is InChI=1S/C25H24N2O7/c1-5-33-17-9-6-15(7-10-17)22-21(23(28)16-8-11-18(31-3)19(13-16)32-4)24(29)25(30)27(22)20-12-14(2)34-26-20/h6-13,22,28H,5H2,1-4H3. The Bertz CT molecular complexity index is 1260. The lowest BCUT2D eigenvalue weighted by Crippen LogP contribution is -2.29. The minimum atomic E-state index is -0.937. The molecule has 1 aromatic heterocycles. The number of anilines is 1. The zero-order chi connectivity index (χ0) is 24.4. The maximum Gasteiger partial charge on any atom is 0.301 e. The van der Waals surface area contributed by atoms with Gasteiger partial charge in [0.15, 0.2) is 17.3 Å². The molecule has 0 radical (unpaired) electrons. The van der Waals surface area contributed by atoms with E-state index in [0.29, 0.717) is 40.7 Å². The van der Waals surface area contributed by atoms with Gasteiger partial charge in [-0.1, -0.05) is 17.3 Å². The molecule has 1 unspecified atom stereocenters. The van der Waals surface area contributed by atoms with Crippen molar-refractivity contribution in [3.05, 3.63) is 71.0 Å². The average Bonchev–Trinajstić information content (AvgIpc) is 3.39. The SMILES string of the molecule is CCOc1ccc(C2C(=C(O)c3ccc(OC)c(OC)c3)C(=O)C(=O)N2c2cc(C)on2)cc1. The van der Waals surface area contributed by atoms with Gasteiger partial charge in [0, 0.05) is 11.6 Å². The molecule has 0 saturated carbocycles. The number of amides is 1. The second-order valence-corrected chi connectivity index (χ2v) is 7.54. The van der Waals surface area contributed by atoms with Gasteiger partial charge in [-0.05, 0) is 49.7 Å². The van der Waals surface area contributed by atoms with Gasteiger partial charge in [-0.25, -0.2) is 0 Å². The minimum absolute atomic E-state index is 0.0815. The van der Waals surface area contributed by atoms with Gasteiger partial charge in [0.1, 0.15) is 17.3 Å². The van der Waals surface area contributed by atoms with Crippen molar-refractivity contribution in [2.75, 3.05) is 25.7 Å². The Morgan fingerprint density at radius 1 is 1.06 bits per heavy atom. The lowest BCUT2D eigenvalue weighted by Gasteiger charge is -2.23. The van der Waals surface area contributed by atoms with Crippen molar-refractivity contribution in [2.45, 2.75) is 19.9 Å². The number of ether oxygens (including phenoxy) is 3. The molecule has 1 fully saturated rings. The number of carbonyl (C=O) groups is 2. The molecular formula is C25H24N2O7. The van der Waals surface area contributed by atoms with E-state index < -0.39 is 17.7 Å². The number of ketones is 1. The van der Waals surface area contributed by atoms with Crippen LogP contribution in [0.5, 0.6) is 17.2 Å². The molecular weight excluding hydrogens is 440 g/mol. The molecule has 1 aliphatic rings. The van der Waals surface area contributed by atoms with Crippen LogP contribution in [0.2, 0.25) is 0 Å². The highest BCUT2D eigenvalue weighted by molar-refractivity contribution is 6.51. The van der Waals surface area contributed by atoms with E-state index in [-0.39, 0.29) is 17.2 Å². The number of nitrogens with zero attached hydrogens (tertiary/aromatic N) is 2. The first-order chi connectivity index (χ1) is 16.4. The summed E-state index contributed by atoms with van der Waals surface area (Å²) in [6.45, 7) is 4.05. The van der Waals surface area contributed by atoms with Crippen LogP contribution in [0.1, 0.15) is 29.9 Å². The molecule has 0 bridgehead atoms. The van der Waals surface area contributed by atoms with Crippen molar-refractivity contribution in [3.8, 4) is 17.2 Å². The van der Waals surface area contributed by atoms with Crippen LogP contribution in [0.15, 0.2) is 58.6 Å². The molecule has 1 N–H and O–H groups in total. The van der Waals surface area contributed by atoms with Gasteiger partial charge in [-0.15, -0.1) is 0 Å². The first-order valence-corrected chi connectivity index (χ1v) is 10.6. The van der Waals surface area contributed by atoms with Gasteiger partial charge in [0.05, 0.1) is 32.4 Å².